The number of likely N-dealkylation sites (N-methyl/N-ethyl adjacent to an activating group) is 1. The number of anilines is 2. The lowest BCUT2D eigenvalue weighted by atomic mass is 10.1. The molecule has 2 rings (SSSR count). The molecule has 1 aliphatic heterocycles. The van der Waals surface area contributed by atoms with E-state index in [0.717, 1.165) is 23.8 Å². The van der Waals surface area contributed by atoms with E-state index in [2.05, 4.69) is 16.5 Å². The van der Waals surface area contributed by atoms with E-state index in [1.54, 1.807) is 4.90 Å². The maximum atomic E-state index is 12.6. The van der Waals surface area contributed by atoms with Crippen LogP contribution in [0.2, 0.25) is 0 Å². The fourth-order valence-electron chi connectivity index (χ4n) is 2.49. The van der Waals surface area contributed by atoms with Crippen molar-refractivity contribution in [2.75, 3.05) is 36.8 Å². The van der Waals surface area contributed by atoms with Gasteiger partial charge in [0, 0.05) is 26.2 Å². The molecule has 0 spiro atoms. The van der Waals surface area contributed by atoms with Crippen LogP contribution in [-0.4, -0.2) is 42.0 Å². The first kappa shape index (κ1) is 15.8. The molecule has 0 saturated carbocycles. The minimum atomic E-state index is -0.0428. The number of thiazole rings is 1. The summed E-state index contributed by atoms with van der Waals surface area (Å²) >= 11 is 1.41. The van der Waals surface area contributed by atoms with E-state index in [-0.39, 0.29) is 5.91 Å². The number of rotatable bonds is 5. The molecule has 0 aromatic carbocycles. The number of nitrogen functional groups attached to an aromatic ring is 1. The first-order valence-corrected chi connectivity index (χ1v) is 8.29. The number of carbonyl (C=O) groups is 1. The van der Waals surface area contributed by atoms with Gasteiger partial charge in [0.25, 0.3) is 5.91 Å². The smallest absolute Gasteiger partial charge is 0.268 e. The van der Waals surface area contributed by atoms with Gasteiger partial charge in [0.15, 0.2) is 5.13 Å². The van der Waals surface area contributed by atoms with Gasteiger partial charge in [-0.05, 0) is 33.1 Å². The molecule has 1 aliphatic rings. The second-order valence-corrected chi connectivity index (χ2v) is 6.51. The van der Waals surface area contributed by atoms with Crippen LogP contribution in [0, 0.1) is 0 Å². The highest BCUT2D eigenvalue weighted by Gasteiger charge is 2.23. The van der Waals surface area contributed by atoms with Crippen LogP contribution in [0.4, 0.5) is 10.9 Å². The van der Waals surface area contributed by atoms with Gasteiger partial charge >= 0.3 is 0 Å². The van der Waals surface area contributed by atoms with Crippen molar-refractivity contribution < 1.29 is 4.79 Å². The van der Waals surface area contributed by atoms with E-state index >= 15 is 0 Å². The zero-order chi connectivity index (χ0) is 15.4. The fourth-order valence-corrected chi connectivity index (χ4v) is 3.50. The van der Waals surface area contributed by atoms with Crippen molar-refractivity contribution in [1.29, 1.82) is 0 Å². The van der Waals surface area contributed by atoms with Crippen molar-refractivity contribution in [2.24, 2.45) is 0 Å². The summed E-state index contributed by atoms with van der Waals surface area (Å²) < 4.78 is 0. The summed E-state index contributed by atoms with van der Waals surface area (Å²) in [6.07, 6.45) is 3.63. The van der Waals surface area contributed by atoms with Crippen LogP contribution in [0.1, 0.15) is 42.8 Å². The standard InChI is InChI=1S/C15H24N4OS/c1-4-18(10-11(2)3)14(20)12-13(16)17-15(21-12)19-8-6-5-7-9-19/h2,4-10,16H2,1,3H3. The van der Waals surface area contributed by atoms with Crippen molar-refractivity contribution in [3.63, 3.8) is 0 Å². The SMILES string of the molecule is C=C(C)CN(CC)C(=O)c1sc(N2CCCCC2)nc1N. The normalized spacial score (nSPS) is 15.0. The number of hydrogen-bond donors (Lipinski definition) is 1. The predicted molar refractivity (Wildman–Crippen MR) is 89.0 cm³/mol. The van der Waals surface area contributed by atoms with E-state index in [1.165, 1.54) is 30.6 Å². The average Bonchev–Trinajstić information content (AvgIpc) is 2.87. The van der Waals surface area contributed by atoms with Crippen molar-refractivity contribution in [1.82, 2.24) is 9.88 Å². The number of nitrogens with zero attached hydrogens (tertiary/aromatic N) is 3. The molecule has 1 amide bonds. The molecule has 0 radical (unpaired) electrons. The summed E-state index contributed by atoms with van der Waals surface area (Å²) in [5, 5.41) is 0.877. The quantitative estimate of drug-likeness (QED) is 0.850. The molecule has 2 N–H and O–H groups in total. The highest BCUT2D eigenvalue weighted by atomic mass is 32.1. The molecule has 1 aromatic heterocycles. The van der Waals surface area contributed by atoms with Gasteiger partial charge in [-0.2, -0.15) is 0 Å². The van der Waals surface area contributed by atoms with Crippen LogP contribution in [0.5, 0.6) is 0 Å². The zero-order valence-electron chi connectivity index (χ0n) is 12.9. The highest BCUT2D eigenvalue weighted by Crippen LogP contribution is 2.31. The molecule has 1 saturated heterocycles. The van der Waals surface area contributed by atoms with Crippen LogP contribution in [0.3, 0.4) is 0 Å². The van der Waals surface area contributed by atoms with Crippen molar-refractivity contribution in [3.05, 3.63) is 17.0 Å². The highest BCUT2D eigenvalue weighted by molar-refractivity contribution is 7.18. The molecule has 0 unspecified atom stereocenters. The van der Waals surface area contributed by atoms with Crippen LogP contribution >= 0.6 is 11.3 Å². The summed E-state index contributed by atoms with van der Waals surface area (Å²) in [5.74, 6) is 0.310. The molecule has 6 heteroatoms. The van der Waals surface area contributed by atoms with Crippen LogP contribution in [0.15, 0.2) is 12.2 Å². The summed E-state index contributed by atoms with van der Waals surface area (Å²) in [4.78, 5) is 21.5. The van der Waals surface area contributed by atoms with Gasteiger partial charge in [-0.15, -0.1) is 0 Å². The molecule has 5 nitrogen and oxygen atoms in total. The Balaban J connectivity index is 2.17. The van der Waals surface area contributed by atoms with Crippen molar-refractivity contribution in [2.45, 2.75) is 33.1 Å². The van der Waals surface area contributed by atoms with Crippen LogP contribution in [-0.2, 0) is 0 Å². The Morgan fingerprint density at radius 2 is 2.10 bits per heavy atom. The third-order valence-corrected chi connectivity index (χ3v) is 4.71. The second kappa shape index (κ2) is 6.93. The molecule has 116 valence electrons. The number of carbonyl (C=O) groups excluding carboxylic acids is 1. The van der Waals surface area contributed by atoms with Gasteiger partial charge < -0.3 is 15.5 Å². The zero-order valence-corrected chi connectivity index (χ0v) is 13.7. The number of nitrogens with two attached hydrogens (primary N) is 1. The average molecular weight is 308 g/mol. The molecule has 21 heavy (non-hydrogen) atoms. The lowest BCUT2D eigenvalue weighted by Gasteiger charge is -2.25. The minimum absolute atomic E-state index is 0.0428. The lowest BCUT2D eigenvalue weighted by Crippen LogP contribution is -2.32. The number of aromatic nitrogens is 1. The predicted octanol–water partition coefficient (Wildman–Crippen LogP) is 2.75. The number of hydrogen-bond acceptors (Lipinski definition) is 5. The topological polar surface area (TPSA) is 62.5 Å². The van der Waals surface area contributed by atoms with Crippen LogP contribution in [0.25, 0.3) is 0 Å². The first-order valence-electron chi connectivity index (χ1n) is 7.47. The largest absolute Gasteiger partial charge is 0.382 e. The van der Waals surface area contributed by atoms with Gasteiger partial charge in [0.05, 0.1) is 0 Å². The van der Waals surface area contributed by atoms with Gasteiger partial charge in [-0.25, -0.2) is 4.98 Å². The maximum Gasteiger partial charge on any atom is 0.268 e. The molecular formula is C15H24N4OS. The molecule has 1 aromatic rings. The first-order chi connectivity index (χ1) is 10.0. The Morgan fingerprint density at radius 1 is 1.43 bits per heavy atom. The van der Waals surface area contributed by atoms with E-state index in [4.69, 9.17) is 5.73 Å². The third-order valence-electron chi connectivity index (χ3n) is 3.59. The van der Waals surface area contributed by atoms with Gasteiger partial charge in [0.1, 0.15) is 10.7 Å². The Bertz CT molecular complexity index is 520. The monoisotopic (exact) mass is 308 g/mol. The molecule has 2 heterocycles. The summed E-state index contributed by atoms with van der Waals surface area (Å²) in [5.41, 5.74) is 6.94. The van der Waals surface area contributed by atoms with E-state index in [0.29, 0.717) is 23.8 Å². The summed E-state index contributed by atoms with van der Waals surface area (Å²) in [7, 11) is 0. The van der Waals surface area contributed by atoms with E-state index in [9.17, 15) is 4.79 Å². The number of amides is 1. The van der Waals surface area contributed by atoms with E-state index in [1.807, 2.05) is 13.8 Å². The number of piperidine rings is 1. The maximum absolute atomic E-state index is 12.6. The molecule has 0 atom stereocenters. The Hall–Kier alpha value is -1.56. The Kier molecular flexibility index (Phi) is 5.22. The van der Waals surface area contributed by atoms with Gasteiger partial charge in [-0.3, -0.25) is 4.79 Å². The van der Waals surface area contributed by atoms with Crippen molar-refractivity contribution >= 4 is 28.2 Å². The minimum Gasteiger partial charge on any atom is -0.382 e. The molecule has 0 aliphatic carbocycles. The van der Waals surface area contributed by atoms with Gasteiger partial charge in [-0.1, -0.05) is 23.5 Å². The van der Waals surface area contributed by atoms with E-state index < -0.39 is 0 Å². The fraction of sp³-hybridized carbons (Fsp3) is 0.600. The third kappa shape index (κ3) is 3.75. The molecule has 0 bridgehead atoms. The Labute approximate surface area is 130 Å². The van der Waals surface area contributed by atoms with Gasteiger partial charge in [0.2, 0.25) is 0 Å². The summed E-state index contributed by atoms with van der Waals surface area (Å²) in [6.45, 7) is 11.0. The molecule has 1 fully saturated rings. The Morgan fingerprint density at radius 3 is 2.67 bits per heavy atom. The second-order valence-electron chi connectivity index (χ2n) is 5.53. The molecular weight excluding hydrogens is 284 g/mol. The lowest BCUT2D eigenvalue weighted by molar-refractivity contribution is 0.0784. The van der Waals surface area contributed by atoms with Crippen LogP contribution < -0.4 is 10.6 Å². The van der Waals surface area contributed by atoms with Crippen molar-refractivity contribution in [3.8, 4) is 0 Å². The summed E-state index contributed by atoms with van der Waals surface area (Å²) in [6, 6.07) is 0.